The van der Waals surface area contributed by atoms with Crippen molar-refractivity contribution >= 4 is 23.2 Å². The summed E-state index contributed by atoms with van der Waals surface area (Å²) in [4.78, 5) is 21.1. The fraction of sp³-hybridized carbons (Fsp3) is 0.238. The predicted molar refractivity (Wildman–Crippen MR) is 121 cm³/mol. The molecule has 0 atom stereocenters. The van der Waals surface area contributed by atoms with Crippen molar-refractivity contribution in [2.75, 3.05) is 20.2 Å². The van der Waals surface area contributed by atoms with Crippen LogP contribution in [0.5, 0.6) is 0 Å². The molecule has 1 amide bonds. The van der Waals surface area contributed by atoms with Gasteiger partial charge in [0.1, 0.15) is 17.7 Å². The van der Waals surface area contributed by atoms with E-state index in [0.717, 1.165) is 17.6 Å². The Hall–Kier alpha value is -4.60. The minimum absolute atomic E-state index is 0.170. The Balaban J connectivity index is 0.000000240. The number of nitrogens with one attached hydrogen (secondary N) is 2. The molecule has 1 aliphatic heterocycles. The van der Waals surface area contributed by atoms with Crippen molar-refractivity contribution in [3.05, 3.63) is 72.2 Å². The Morgan fingerprint density at radius 1 is 1.30 bits per heavy atom. The van der Waals surface area contributed by atoms with Gasteiger partial charge in [-0.25, -0.2) is 27.1 Å². The van der Waals surface area contributed by atoms with Crippen LogP contribution in [-0.4, -0.2) is 72.1 Å². The number of aliphatic hydroxyl groups is 1. The summed E-state index contributed by atoms with van der Waals surface area (Å²) in [6.07, 6.45) is 6.61. The van der Waals surface area contributed by atoms with E-state index in [1.807, 2.05) is 5.43 Å². The number of rotatable bonds is 5. The number of hydrogen-bond acceptors (Lipinski definition) is 9. The van der Waals surface area contributed by atoms with Crippen molar-refractivity contribution in [1.82, 2.24) is 40.1 Å². The molecule has 0 aliphatic carbocycles. The molecule has 4 aromatic heterocycles. The van der Waals surface area contributed by atoms with Crippen LogP contribution < -0.4 is 5.43 Å². The van der Waals surface area contributed by atoms with Gasteiger partial charge in [0, 0.05) is 19.2 Å². The summed E-state index contributed by atoms with van der Waals surface area (Å²) in [5.41, 5.74) is 4.10. The van der Waals surface area contributed by atoms with Crippen LogP contribution in [0.4, 0.5) is 17.6 Å². The number of fused-ring (bicyclic) bond motifs is 2. The molecular formula is C21H21F4N9O3. The first-order valence-corrected chi connectivity index (χ1v) is 10.5. The first kappa shape index (κ1) is 27.0. The van der Waals surface area contributed by atoms with E-state index in [0.29, 0.717) is 25.0 Å². The van der Waals surface area contributed by atoms with Crippen molar-refractivity contribution in [1.29, 1.82) is 0 Å². The number of aromatic nitrogens is 6. The second-order valence-electron chi connectivity index (χ2n) is 6.97. The van der Waals surface area contributed by atoms with Crippen LogP contribution in [0, 0.1) is 5.82 Å². The number of aliphatic hydroxyl groups excluding tert-OH is 1. The maximum absolute atomic E-state index is 12.9. The van der Waals surface area contributed by atoms with Gasteiger partial charge in [-0.2, -0.15) is 10.2 Å². The first-order chi connectivity index (χ1) is 18.0. The van der Waals surface area contributed by atoms with E-state index in [4.69, 9.17) is 9.52 Å². The van der Waals surface area contributed by atoms with Gasteiger partial charge in [-0.1, -0.05) is 0 Å². The molecule has 1 aliphatic rings. The van der Waals surface area contributed by atoms with Gasteiger partial charge in [0.15, 0.2) is 13.7 Å². The quantitative estimate of drug-likeness (QED) is 0.156. The smallest absolute Gasteiger partial charge is 0.311 e. The molecule has 16 heteroatoms. The van der Waals surface area contributed by atoms with Crippen molar-refractivity contribution < 1.29 is 31.9 Å². The van der Waals surface area contributed by atoms with Gasteiger partial charge in [-0.05, 0) is 18.2 Å². The number of nitrogens with zero attached hydrogens (tertiary/aromatic N) is 7. The number of hydrazone groups is 1. The third kappa shape index (κ3) is 6.97. The van der Waals surface area contributed by atoms with Crippen LogP contribution in [-0.2, 0) is 13.0 Å². The molecule has 3 N–H and O–H groups in total. The van der Waals surface area contributed by atoms with Gasteiger partial charge in [-0.3, -0.25) is 10.2 Å². The number of halogens is 4. The van der Waals surface area contributed by atoms with Crippen molar-refractivity contribution in [2.24, 2.45) is 5.10 Å². The topological polar surface area (TPSA) is 150 Å². The molecule has 0 unspecified atom stereocenters. The standard InChI is InChI=1S/C13H13F2N7O2.C7H5FN2.CH3FO/c14-3-8(4-18-19-6-15)11-20-21-12(24-11)13(23)22-2-1-9-10(5-22)17-7-16-9;8-6-2-1-5-10-7(6)3-4-9-10;2-1-3/h3-4,7,19H,1-2,5-6H2,(H,16,17);1-5H;3H,1H2/b8-3+,18-4-;;. The second kappa shape index (κ2) is 13.5. The molecular weight excluding hydrogens is 502 g/mol. The molecule has 0 aromatic carbocycles. The molecule has 5 heterocycles. The number of hydrogen-bond donors (Lipinski definition) is 3. The van der Waals surface area contributed by atoms with E-state index in [-0.39, 0.29) is 29.5 Å². The van der Waals surface area contributed by atoms with Gasteiger partial charge in [0.25, 0.3) is 5.89 Å². The Morgan fingerprint density at radius 3 is 2.81 bits per heavy atom. The number of aromatic amines is 1. The highest BCUT2D eigenvalue weighted by Crippen LogP contribution is 2.18. The predicted octanol–water partition coefficient (Wildman–Crippen LogP) is 2.18. The Bertz CT molecular complexity index is 1350. The fourth-order valence-corrected chi connectivity index (χ4v) is 3.14. The lowest BCUT2D eigenvalue weighted by molar-refractivity contribution is 0.0690. The molecule has 12 nitrogen and oxygen atoms in total. The maximum Gasteiger partial charge on any atom is 0.311 e. The van der Waals surface area contributed by atoms with Crippen LogP contribution in [0.1, 0.15) is 28.0 Å². The maximum atomic E-state index is 12.9. The molecule has 37 heavy (non-hydrogen) atoms. The van der Waals surface area contributed by atoms with Gasteiger partial charge in [0.05, 0.1) is 42.2 Å². The monoisotopic (exact) mass is 523 g/mol. The number of carbonyl (C=O) groups excluding carboxylic acids is 1. The van der Waals surface area contributed by atoms with Crippen LogP contribution in [0.3, 0.4) is 0 Å². The normalized spacial score (nSPS) is 13.0. The molecule has 196 valence electrons. The SMILES string of the molecule is Fc1cccn2nccc12.O=C(c1nnc(C(/C=N\NCF)=C/F)o1)N1CCc2nc[nH]c2C1.OCF. The second-order valence-corrected chi connectivity index (χ2v) is 6.97. The van der Waals surface area contributed by atoms with E-state index in [1.165, 1.54) is 15.5 Å². The third-order valence-corrected chi connectivity index (χ3v) is 4.77. The Kier molecular flexibility index (Phi) is 9.83. The lowest BCUT2D eigenvalue weighted by atomic mass is 10.1. The minimum atomic E-state index is -1.25. The average Bonchev–Trinajstić information content (AvgIpc) is 3.68. The van der Waals surface area contributed by atoms with Crippen LogP contribution in [0.15, 0.2) is 52.8 Å². The van der Waals surface area contributed by atoms with E-state index >= 15 is 0 Å². The van der Waals surface area contributed by atoms with Gasteiger partial charge >= 0.3 is 11.8 Å². The van der Waals surface area contributed by atoms with Gasteiger partial charge in [-0.15, -0.1) is 10.2 Å². The molecule has 0 fully saturated rings. The first-order valence-electron chi connectivity index (χ1n) is 10.5. The van der Waals surface area contributed by atoms with Crippen LogP contribution in [0.25, 0.3) is 11.1 Å². The molecule has 0 saturated heterocycles. The van der Waals surface area contributed by atoms with Crippen molar-refractivity contribution in [2.45, 2.75) is 13.0 Å². The zero-order valence-electron chi connectivity index (χ0n) is 19.1. The van der Waals surface area contributed by atoms with Gasteiger partial charge in [0.2, 0.25) is 0 Å². The zero-order valence-corrected chi connectivity index (χ0v) is 19.1. The van der Waals surface area contributed by atoms with Gasteiger partial charge < -0.3 is 19.4 Å². The number of H-pyrrole nitrogens is 1. The zero-order chi connectivity index (χ0) is 26.6. The van der Waals surface area contributed by atoms with Crippen LogP contribution in [0.2, 0.25) is 0 Å². The van der Waals surface area contributed by atoms with Crippen LogP contribution >= 0.6 is 0 Å². The highest BCUT2D eigenvalue weighted by Gasteiger charge is 2.27. The minimum Gasteiger partial charge on any atom is -0.412 e. The van der Waals surface area contributed by atoms with E-state index in [2.05, 4.69) is 30.4 Å². The third-order valence-electron chi connectivity index (χ3n) is 4.77. The van der Waals surface area contributed by atoms with Crippen molar-refractivity contribution in [3.8, 4) is 0 Å². The van der Waals surface area contributed by atoms with E-state index in [1.54, 1.807) is 30.9 Å². The summed E-state index contributed by atoms with van der Waals surface area (Å²) in [6.45, 7) is -1.35. The lowest BCUT2D eigenvalue weighted by Crippen LogP contribution is -2.36. The van der Waals surface area contributed by atoms with E-state index in [9.17, 15) is 22.4 Å². The number of pyridine rings is 1. The summed E-state index contributed by atoms with van der Waals surface area (Å²) in [5.74, 6) is -1.20. The summed E-state index contributed by atoms with van der Waals surface area (Å²) >= 11 is 0. The summed E-state index contributed by atoms with van der Waals surface area (Å²) in [6, 6.07) is 4.67. The highest BCUT2D eigenvalue weighted by molar-refractivity contribution is 6.07. The molecule has 0 radical (unpaired) electrons. The lowest BCUT2D eigenvalue weighted by Gasteiger charge is -2.24. The fourth-order valence-electron chi connectivity index (χ4n) is 3.14. The van der Waals surface area contributed by atoms with E-state index < -0.39 is 19.6 Å². The highest BCUT2D eigenvalue weighted by atomic mass is 19.1. The average molecular weight is 523 g/mol. The molecule has 0 spiro atoms. The Labute approximate surface area is 206 Å². The molecule has 4 aromatic rings. The number of amides is 1. The molecule has 5 rings (SSSR count). The summed E-state index contributed by atoms with van der Waals surface area (Å²) in [5, 5.41) is 21.4. The molecule has 0 bridgehead atoms. The largest absolute Gasteiger partial charge is 0.412 e. The Morgan fingerprint density at radius 2 is 2.08 bits per heavy atom. The number of allylic oxidation sites excluding steroid dienone is 1. The number of imidazole rings is 1. The number of carbonyl (C=O) groups is 1. The molecule has 0 saturated carbocycles. The summed E-state index contributed by atoms with van der Waals surface area (Å²) in [7, 11) is 0. The summed E-state index contributed by atoms with van der Waals surface area (Å²) < 4.78 is 54.1. The number of alkyl halides is 2. The van der Waals surface area contributed by atoms with Crippen molar-refractivity contribution in [3.63, 3.8) is 0 Å².